The van der Waals surface area contributed by atoms with Crippen LogP contribution in [-0.4, -0.2) is 55.3 Å². The van der Waals surface area contributed by atoms with Gasteiger partial charge in [0.25, 0.3) is 0 Å². The van der Waals surface area contributed by atoms with Crippen LogP contribution in [0.3, 0.4) is 0 Å². The van der Waals surface area contributed by atoms with Crippen molar-refractivity contribution in [1.29, 1.82) is 0 Å². The van der Waals surface area contributed by atoms with Crippen LogP contribution in [-0.2, 0) is 9.47 Å². The van der Waals surface area contributed by atoms with Gasteiger partial charge in [0.2, 0.25) is 0 Å². The predicted octanol–water partition coefficient (Wildman–Crippen LogP) is 2.65. The Kier molecular flexibility index (Phi) is 6.25. The number of aryl methyl sites for hydroxylation is 1. The number of hydrogen-bond donors (Lipinski definition) is 1. The van der Waals surface area contributed by atoms with E-state index >= 15 is 0 Å². The van der Waals surface area contributed by atoms with E-state index in [4.69, 9.17) is 13.9 Å². The molecular weight excluding hydrogens is 334 g/mol. The number of anilines is 1. The van der Waals surface area contributed by atoms with Gasteiger partial charge in [0.1, 0.15) is 22.9 Å². The molecule has 7 heteroatoms. The van der Waals surface area contributed by atoms with Gasteiger partial charge in [0, 0.05) is 25.8 Å². The lowest BCUT2D eigenvalue weighted by molar-refractivity contribution is 0.0143. The van der Waals surface area contributed by atoms with Gasteiger partial charge in [-0.1, -0.05) is 0 Å². The van der Waals surface area contributed by atoms with E-state index in [0.717, 1.165) is 24.6 Å². The van der Waals surface area contributed by atoms with Gasteiger partial charge in [-0.3, -0.25) is 4.90 Å². The highest BCUT2D eigenvalue weighted by Gasteiger charge is 2.26. The Labute approximate surface area is 153 Å². The minimum atomic E-state index is -0.375. The number of nitrogens with zero attached hydrogens (tertiary/aromatic N) is 2. The number of carbonyl (C=O) groups is 1. The molecule has 1 saturated heterocycles. The van der Waals surface area contributed by atoms with Crippen LogP contribution in [0.5, 0.6) is 0 Å². The molecule has 2 aromatic rings. The van der Waals surface area contributed by atoms with Crippen molar-refractivity contribution >= 4 is 11.8 Å². The van der Waals surface area contributed by atoms with Crippen LogP contribution in [0.15, 0.2) is 34.9 Å². The molecule has 0 aromatic carbocycles. The third kappa shape index (κ3) is 4.42. The molecule has 0 radical (unpaired) electrons. The minimum Gasteiger partial charge on any atom is -0.465 e. The number of nitrogens with one attached hydrogen (secondary N) is 1. The first-order chi connectivity index (χ1) is 12.7. The van der Waals surface area contributed by atoms with Crippen molar-refractivity contribution in [2.75, 3.05) is 44.8 Å². The van der Waals surface area contributed by atoms with Crippen molar-refractivity contribution in [3.05, 3.63) is 47.5 Å². The molecule has 1 atom stereocenters. The van der Waals surface area contributed by atoms with E-state index in [-0.39, 0.29) is 12.0 Å². The number of hydrogen-bond acceptors (Lipinski definition) is 7. The summed E-state index contributed by atoms with van der Waals surface area (Å²) < 4.78 is 16.4. The maximum atomic E-state index is 12.1. The highest BCUT2D eigenvalue weighted by Crippen LogP contribution is 2.25. The fraction of sp³-hybridized carbons (Fsp3) is 0.474. The molecule has 3 heterocycles. The molecule has 1 aliphatic heterocycles. The molecular formula is C19H25N3O4. The summed E-state index contributed by atoms with van der Waals surface area (Å²) >= 11 is 0. The molecule has 1 N–H and O–H groups in total. The lowest BCUT2D eigenvalue weighted by Crippen LogP contribution is -2.41. The average Bonchev–Trinajstić information content (AvgIpc) is 3.09. The van der Waals surface area contributed by atoms with Crippen molar-refractivity contribution in [2.45, 2.75) is 19.9 Å². The van der Waals surface area contributed by atoms with Crippen molar-refractivity contribution in [1.82, 2.24) is 9.88 Å². The number of rotatable bonds is 7. The summed E-state index contributed by atoms with van der Waals surface area (Å²) in [7, 11) is 0. The molecule has 1 fully saturated rings. The predicted molar refractivity (Wildman–Crippen MR) is 97.3 cm³/mol. The zero-order chi connectivity index (χ0) is 18.4. The number of furan rings is 1. The van der Waals surface area contributed by atoms with E-state index in [1.807, 2.05) is 19.1 Å². The summed E-state index contributed by atoms with van der Waals surface area (Å²) in [5, 5.41) is 3.30. The number of ether oxygens (including phenoxy) is 2. The van der Waals surface area contributed by atoms with Gasteiger partial charge < -0.3 is 19.2 Å². The normalized spacial score (nSPS) is 16.2. The highest BCUT2D eigenvalue weighted by molar-refractivity contribution is 5.94. The Balaban J connectivity index is 1.77. The van der Waals surface area contributed by atoms with Crippen molar-refractivity contribution in [3.63, 3.8) is 0 Å². The number of carbonyl (C=O) groups excluding carboxylic acids is 1. The molecule has 0 aliphatic carbocycles. The number of pyridine rings is 1. The second-order valence-corrected chi connectivity index (χ2v) is 6.11. The SMILES string of the molecule is CCOC(=O)c1cccnc1NCC(c1ccc(C)o1)N1CCOCC1. The standard InChI is InChI=1S/C19H25N3O4/c1-3-25-19(23)15-5-4-8-20-18(15)21-13-16(17-7-6-14(2)26-17)22-9-11-24-12-10-22/h4-8,16H,3,9-13H2,1-2H3,(H,20,21). The Morgan fingerprint density at radius 2 is 2.15 bits per heavy atom. The molecule has 0 amide bonds. The van der Waals surface area contributed by atoms with Crippen LogP contribution in [0.25, 0.3) is 0 Å². The largest absolute Gasteiger partial charge is 0.465 e. The van der Waals surface area contributed by atoms with Crippen LogP contribution in [0, 0.1) is 6.92 Å². The van der Waals surface area contributed by atoms with Crippen molar-refractivity contribution in [2.24, 2.45) is 0 Å². The first-order valence-corrected chi connectivity index (χ1v) is 8.93. The summed E-state index contributed by atoms with van der Waals surface area (Å²) in [6.07, 6.45) is 1.66. The second kappa shape index (κ2) is 8.82. The number of morpholine rings is 1. The molecule has 0 saturated carbocycles. The minimum absolute atomic E-state index is 0.0321. The van der Waals surface area contributed by atoms with Crippen LogP contribution in [0.2, 0.25) is 0 Å². The summed E-state index contributed by atoms with van der Waals surface area (Å²) in [6.45, 7) is 7.69. The third-order valence-electron chi connectivity index (χ3n) is 4.34. The smallest absolute Gasteiger partial charge is 0.341 e. The van der Waals surface area contributed by atoms with Gasteiger partial charge in [-0.25, -0.2) is 9.78 Å². The summed E-state index contributed by atoms with van der Waals surface area (Å²) in [6, 6.07) is 7.45. The van der Waals surface area contributed by atoms with Gasteiger partial charge in [-0.05, 0) is 38.1 Å². The maximum absolute atomic E-state index is 12.1. The lowest BCUT2D eigenvalue weighted by Gasteiger charge is -2.33. The maximum Gasteiger partial charge on any atom is 0.341 e. The molecule has 1 unspecified atom stereocenters. The molecule has 0 spiro atoms. The fourth-order valence-corrected chi connectivity index (χ4v) is 3.04. The second-order valence-electron chi connectivity index (χ2n) is 6.11. The van der Waals surface area contributed by atoms with E-state index in [0.29, 0.717) is 37.7 Å². The Hall–Kier alpha value is -2.38. The topological polar surface area (TPSA) is 76.8 Å². The van der Waals surface area contributed by atoms with Crippen LogP contribution in [0.1, 0.15) is 34.8 Å². The molecule has 0 bridgehead atoms. The third-order valence-corrected chi connectivity index (χ3v) is 4.34. The Morgan fingerprint density at radius 1 is 1.35 bits per heavy atom. The molecule has 3 rings (SSSR count). The zero-order valence-corrected chi connectivity index (χ0v) is 15.2. The Morgan fingerprint density at radius 3 is 2.85 bits per heavy atom. The van der Waals surface area contributed by atoms with Gasteiger partial charge in [0.05, 0.1) is 25.9 Å². The molecule has 26 heavy (non-hydrogen) atoms. The van der Waals surface area contributed by atoms with E-state index in [1.165, 1.54) is 0 Å². The van der Waals surface area contributed by atoms with Gasteiger partial charge in [-0.15, -0.1) is 0 Å². The van der Waals surface area contributed by atoms with Crippen molar-refractivity contribution < 1.29 is 18.7 Å². The summed E-state index contributed by atoms with van der Waals surface area (Å²) in [5.41, 5.74) is 0.436. The van der Waals surface area contributed by atoms with Crippen LogP contribution < -0.4 is 5.32 Å². The molecule has 2 aromatic heterocycles. The fourth-order valence-electron chi connectivity index (χ4n) is 3.04. The molecule has 140 valence electrons. The number of esters is 1. The summed E-state index contributed by atoms with van der Waals surface area (Å²) in [4.78, 5) is 18.8. The number of aromatic nitrogens is 1. The van der Waals surface area contributed by atoms with Crippen molar-refractivity contribution in [3.8, 4) is 0 Å². The zero-order valence-electron chi connectivity index (χ0n) is 15.2. The van der Waals surface area contributed by atoms with Gasteiger partial charge in [-0.2, -0.15) is 0 Å². The van der Waals surface area contributed by atoms with E-state index < -0.39 is 0 Å². The van der Waals surface area contributed by atoms with E-state index in [9.17, 15) is 4.79 Å². The first kappa shape index (κ1) is 18.4. The van der Waals surface area contributed by atoms with Gasteiger partial charge in [0.15, 0.2) is 0 Å². The first-order valence-electron chi connectivity index (χ1n) is 8.93. The van der Waals surface area contributed by atoms with Crippen LogP contribution >= 0.6 is 0 Å². The lowest BCUT2D eigenvalue weighted by atomic mass is 10.1. The average molecular weight is 359 g/mol. The monoisotopic (exact) mass is 359 g/mol. The quantitative estimate of drug-likeness (QED) is 0.762. The summed E-state index contributed by atoms with van der Waals surface area (Å²) in [5.74, 6) is 1.92. The van der Waals surface area contributed by atoms with E-state index in [1.54, 1.807) is 25.3 Å². The highest BCUT2D eigenvalue weighted by atomic mass is 16.5. The van der Waals surface area contributed by atoms with Crippen LogP contribution in [0.4, 0.5) is 5.82 Å². The molecule has 7 nitrogen and oxygen atoms in total. The van der Waals surface area contributed by atoms with E-state index in [2.05, 4.69) is 15.2 Å². The molecule has 1 aliphatic rings. The van der Waals surface area contributed by atoms with Gasteiger partial charge >= 0.3 is 5.97 Å². The Bertz CT molecular complexity index is 725.